The van der Waals surface area contributed by atoms with Crippen LogP contribution in [0.5, 0.6) is 0 Å². The molecule has 3 aromatic rings. The van der Waals surface area contributed by atoms with Crippen LogP contribution in [0.2, 0.25) is 0 Å². The first-order valence-electron chi connectivity index (χ1n) is 10.1. The fourth-order valence-electron chi connectivity index (χ4n) is 2.98. The standard InChI is InChI=1S/C15H18N2.C10H16N2/c16-15(14-9-5-2-6-10-14)12-17-11-13-7-3-1-4-8-13;1-12(2)8-10(11)9-6-4-3-5-7-9/h1-10,15,17H,11-12,16H2;3-7,10H,8,11H2,1-2H3. The predicted molar refractivity (Wildman–Crippen MR) is 123 cm³/mol. The minimum Gasteiger partial charge on any atom is -0.323 e. The number of benzene rings is 3. The molecule has 0 aliphatic carbocycles. The molecule has 4 nitrogen and oxygen atoms in total. The van der Waals surface area contributed by atoms with Crippen LogP contribution < -0.4 is 16.8 Å². The Morgan fingerprint density at radius 1 is 0.690 bits per heavy atom. The molecule has 154 valence electrons. The maximum atomic E-state index is 6.10. The van der Waals surface area contributed by atoms with Crippen LogP contribution in [0.25, 0.3) is 0 Å². The molecule has 0 aliphatic heterocycles. The van der Waals surface area contributed by atoms with Crippen molar-refractivity contribution in [1.29, 1.82) is 0 Å². The first kappa shape index (κ1) is 22.8. The summed E-state index contributed by atoms with van der Waals surface area (Å²) in [7, 11) is 4.06. The summed E-state index contributed by atoms with van der Waals surface area (Å²) in [5.74, 6) is 0. The van der Waals surface area contributed by atoms with E-state index < -0.39 is 0 Å². The average molecular weight is 391 g/mol. The molecule has 0 aromatic heterocycles. The lowest BCUT2D eigenvalue weighted by atomic mass is 10.1. The van der Waals surface area contributed by atoms with Gasteiger partial charge in [-0.05, 0) is 30.8 Å². The Morgan fingerprint density at radius 2 is 1.14 bits per heavy atom. The number of nitrogens with one attached hydrogen (secondary N) is 1. The van der Waals surface area contributed by atoms with Crippen molar-refractivity contribution in [3.8, 4) is 0 Å². The van der Waals surface area contributed by atoms with Crippen LogP contribution in [0.3, 0.4) is 0 Å². The van der Waals surface area contributed by atoms with Crippen LogP contribution in [-0.4, -0.2) is 32.1 Å². The van der Waals surface area contributed by atoms with Crippen molar-refractivity contribution in [1.82, 2.24) is 10.2 Å². The van der Waals surface area contributed by atoms with Crippen LogP contribution in [0.15, 0.2) is 91.0 Å². The van der Waals surface area contributed by atoms with E-state index in [1.807, 2.05) is 68.7 Å². The Balaban J connectivity index is 0.000000221. The minimum atomic E-state index is 0.0555. The van der Waals surface area contributed by atoms with Crippen LogP contribution >= 0.6 is 0 Å². The van der Waals surface area contributed by atoms with Crippen LogP contribution in [0, 0.1) is 0 Å². The van der Waals surface area contributed by atoms with Gasteiger partial charge in [-0.2, -0.15) is 0 Å². The normalized spacial score (nSPS) is 12.7. The Labute approximate surface area is 175 Å². The molecule has 0 saturated carbocycles. The van der Waals surface area contributed by atoms with Gasteiger partial charge in [0.05, 0.1) is 0 Å². The zero-order valence-corrected chi connectivity index (χ0v) is 17.5. The lowest BCUT2D eigenvalue weighted by Gasteiger charge is -2.16. The molecule has 4 heteroatoms. The van der Waals surface area contributed by atoms with Gasteiger partial charge >= 0.3 is 0 Å². The molecular formula is C25H34N4. The molecule has 0 aliphatic rings. The molecule has 3 rings (SSSR count). The van der Waals surface area contributed by atoms with Gasteiger partial charge in [-0.15, -0.1) is 0 Å². The largest absolute Gasteiger partial charge is 0.323 e. The summed E-state index contributed by atoms with van der Waals surface area (Å²) < 4.78 is 0. The van der Waals surface area contributed by atoms with Gasteiger partial charge in [0.1, 0.15) is 0 Å². The second-order valence-corrected chi connectivity index (χ2v) is 7.41. The SMILES string of the molecule is CN(C)CC(N)c1ccccc1.NC(CNCc1ccccc1)c1ccccc1. The summed E-state index contributed by atoms with van der Waals surface area (Å²) in [6.45, 7) is 2.55. The summed E-state index contributed by atoms with van der Waals surface area (Å²) >= 11 is 0. The molecule has 0 radical (unpaired) electrons. The summed E-state index contributed by atoms with van der Waals surface area (Å²) in [5, 5.41) is 3.37. The molecule has 2 unspecified atom stereocenters. The molecule has 0 amide bonds. The van der Waals surface area contributed by atoms with Crippen LogP contribution in [0.4, 0.5) is 0 Å². The zero-order valence-electron chi connectivity index (χ0n) is 17.5. The number of nitrogens with two attached hydrogens (primary N) is 2. The van der Waals surface area contributed by atoms with Gasteiger partial charge in [0.2, 0.25) is 0 Å². The van der Waals surface area contributed by atoms with E-state index in [1.54, 1.807) is 0 Å². The lowest BCUT2D eigenvalue weighted by Crippen LogP contribution is -2.26. The fourth-order valence-corrected chi connectivity index (χ4v) is 2.98. The first-order chi connectivity index (χ1) is 14.1. The maximum absolute atomic E-state index is 6.10. The molecule has 0 saturated heterocycles. The molecule has 5 N–H and O–H groups in total. The fraction of sp³-hybridized carbons (Fsp3) is 0.280. The Hall–Kier alpha value is -2.50. The highest BCUT2D eigenvalue weighted by Crippen LogP contribution is 2.09. The zero-order chi connectivity index (χ0) is 20.9. The molecule has 0 fully saturated rings. The molecule has 0 spiro atoms. The number of hydrogen-bond acceptors (Lipinski definition) is 4. The maximum Gasteiger partial charge on any atom is 0.0424 e. The van der Waals surface area contributed by atoms with E-state index in [9.17, 15) is 0 Å². The van der Waals surface area contributed by atoms with Crippen LogP contribution in [-0.2, 0) is 6.54 Å². The van der Waals surface area contributed by atoms with E-state index in [0.717, 1.165) is 19.6 Å². The number of nitrogens with zero attached hydrogens (tertiary/aromatic N) is 1. The van der Waals surface area contributed by atoms with Crippen molar-refractivity contribution < 1.29 is 0 Å². The van der Waals surface area contributed by atoms with E-state index in [4.69, 9.17) is 11.5 Å². The summed E-state index contributed by atoms with van der Waals surface area (Å²) in [6, 6.07) is 30.9. The summed E-state index contributed by atoms with van der Waals surface area (Å²) in [6.07, 6.45) is 0. The van der Waals surface area contributed by atoms with Gasteiger partial charge in [0, 0.05) is 31.7 Å². The van der Waals surface area contributed by atoms with Crippen molar-refractivity contribution >= 4 is 0 Å². The van der Waals surface area contributed by atoms with Crippen molar-refractivity contribution in [2.45, 2.75) is 18.6 Å². The van der Waals surface area contributed by atoms with Gasteiger partial charge in [0.25, 0.3) is 0 Å². The van der Waals surface area contributed by atoms with E-state index in [0.29, 0.717) is 0 Å². The predicted octanol–water partition coefficient (Wildman–Crippen LogP) is 3.72. The third kappa shape index (κ3) is 9.03. The number of rotatable bonds is 8. The molecule has 2 atom stereocenters. The van der Waals surface area contributed by atoms with Crippen molar-refractivity contribution in [2.75, 3.05) is 27.2 Å². The minimum absolute atomic E-state index is 0.0555. The average Bonchev–Trinajstić information content (AvgIpc) is 2.76. The highest BCUT2D eigenvalue weighted by molar-refractivity contribution is 5.19. The highest BCUT2D eigenvalue weighted by Gasteiger charge is 2.05. The van der Waals surface area contributed by atoms with E-state index in [1.165, 1.54) is 16.7 Å². The monoisotopic (exact) mass is 390 g/mol. The van der Waals surface area contributed by atoms with Gasteiger partial charge in [-0.25, -0.2) is 0 Å². The topological polar surface area (TPSA) is 67.3 Å². The second kappa shape index (κ2) is 12.9. The smallest absolute Gasteiger partial charge is 0.0424 e. The van der Waals surface area contributed by atoms with E-state index >= 15 is 0 Å². The Kier molecular flexibility index (Phi) is 10.1. The quantitative estimate of drug-likeness (QED) is 0.548. The van der Waals surface area contributed by atoms with Crippen molar-refractivity contribution in [2.24, 2.45) is 11.5 Å². The van der Waals surface area contributed by atoms with Crippen LogP contribution in [0.1, 0.15) is 28.8 Å². The molecular weight excluding hydrogens is 356 g/mol. The number of likely N-dealkylation sites (N-methyl/N-ethyl adjacent to an activating group) is 1. The van der Waals surface area contributed by atoms with Crippen molar-refractivity contribution in [3.05, 3.63) is 108 Å². The van der Waals surface area contributed by atoms with E-state index in [-0.39, 0.29) is 12.1 Å². The molecule has 0 heterocycles. The number of hydrogen-bond donors (Lipinski definition) is 3. The summed E-state index contributed by atoms with van der Waals surface area (Å²) in [5.41, 5.74) is 15.7. The molecule has 3 aromatic carbocycles. The highest BCUT2D eigenvalue weighted by atomic mass is 15.1. The van der Waals surface area contributed by atoms with Gasteiger partial charge in [-0.3, -0.25) is 0 Å². The molecule has 29 heavy (non-hydrogen) atoms. The van der Waals surface area contributed by atoms with E-state index in [2.05, 4.69) is 46.6 Å². The Morgan fingerprint density at radius 3 is 1.62 bits per heavy atom. The second-order valence-electron chi connectivity index (χ2n) is 7.41. The Bertz CT molecular complexity index is 776. The summed E-state index contributed by atoms with van der Waals surface area (Å²) in [4.78, 5) is 2.09. The third-order valence-electron chi connectivity index (χ3n) is 4.55. The first-order valence-corrected chi connectivity index (χ1v) is 10.1. The lowest BCUT2D eigenvalue weighted by molar-refractivity contribution is 0.376. The van der Waals surface area contributed by atoms with Gasteiger partial charge in [0.15, 0.2) is 0 Å². The van der Waals surface area contributed by atoms with Gasteiger partial charge < -0.3 is 21.7 Å². The van der Waals surface area contributed by atoms with Gasteiger partial charge in [-0.1, -0.05) is 91.0 Å². The van der Waals surface area contributed by atoms with Crippen molar-refractivity contribution in [3.63, 3.8) is 0 Å². The molecule has 0 bridgehead atoms. The third-order valence-corrected chi connectivity index (χ3v) is 4.55.